The first kappa shape index (κ1) is 18.0. The summed E-state index contributed by atoms with van der Waals surface area (Å²) in [5.74, 6) is 0.721. The number of hydrogen-bond donors (Lipinski definition) is 1. The molecule has 1 aromatic carbocycles. The second-order valence-corrected chi connectivity index (χ2v) is 6.56. The van der Waals surface area contributed by atoms with Crippen molar-refractivity contribution >= 4 is 23.4 Å². The lowest BCUT2D eigenvalue weighted by Crippen LogP contribution is -2.49. The van der Waals surface area contributed by atoms with Crippen LogP contribution in [0.2, 0.25) is 5.02 Å². The van der Waals surface area contributed by atoms with Crippen molar-refractivity contribution in [1.29, 1.82) is 0 Å². The van der Waals surface area contributed by atoms with E-state index in [0.717, 1.165) is 12.5 Å². The van der Waals surface area contributed by atoms with E-state index < -0.39 is 11.8 Å². The van der Waals surface area contributed by atoms with Crippen LogP contribution in [0.5, 0.6) is 5.75 Å². The van der Waals surface area contributed by atoms with E-state index in [-0.39, 0.29) is 12.2 Å². The second kappa shape index (κ2) is 6.63. The van der Waals surface area contributed by atoms with Gasteiger partial charge in [-0.15, -0.1) is 0 Å². The molecule has 1 unspecified atom stereocenters. The van der Waals surface area contributed by atoms with E-state index >= 15 is 0 Å². The van der Waals surface area contributed by atoms with Gasteiger partial charge in [-0.05, 0) is 30.9 Å². The van der Waals surface area contributed by atoms with Crippen molar-refractivity contribution in [3.05, 3.63) is 28.8 Å². The molecule has 1 atom stereocenters. The number of alkyl halides is 3. The zero-order valence-electron chi connectivity index (χ0n) is 13.4. The van der Waals surface area contributed by atoms with E-state index in [1.54, 1.807) is 12.1 Å². The summed E-state index contributed by atoms with van der Waals surface area (Å²) in [5, 5.41) is 3.63. The maximum Gasteiger partial charge on any atom is 0.432 e. The topological polar surface area (TPSA) is 21.3 Å². The highest BCUT2D eigenvalue weighted by molar-refractivity contribution is 6.33. The molecule has 0 saturated heterocycles. The number of benzene rings is 1. The third-order valence-corrected chi connectivity index (χ3v) is 4.28. The van der Waals surface area contributed by atoms with Crippen molar-refractivity contribution in [3.8, 4) is 5.75 Å². The highest BCUT2D eigenvalue weighted by Crippen LogP contribution is 2.44. The molecular formula is C17H21ClF3NO. The fourth-order valence-electron chi connectivity index (χ4n) is 2.42. The molecule has 2 rings (SSSR count). The Bertz CT molecular complexity index is 598. The summed E-state index contributed by atoms with van der Waals surface area (Å²) < 4.78 is 45.4. The SMILES string of the molecule is CCC1(C(F)(F)F)C=Cc2cc(Cl)c(NCCC(C)C)cc2O1. The Hall–Kier alpha value is -1.36. The first-order valence-electron chi connectivity index (χ1n) is 7.71. The molecule has 2 nitrogen and oxygen atoms in total. The molecule has 23 heavy (non-hydrogen) atoms. The number of anilines is 1. The van der Waals surface area contributed by atoms with E-state index in [4.69, 9.17) is 16.3 Å². The van der Waals surface area contributed by atoms with Crippen molar-refractivity contribution in [2.45, 2.75) is 45.4 Å². The summed E-state index contributed by atoms with van der Waals surface area (Å²) in [5.41, 5.74) is -1.13. The van der Waals surface area contributed by atoms with Gasteiger partial charge in [-0.1, -0.05) is 38.4 Å². The van der Waals surface area contributed by atoms with Gasteiger partial charge in [0.15, 0.2) is 0 Å². The third kappa shape index (κ3) is 3.77. The van der Waals surface area contributed by atoms with Crippen molar-refractivity contribution in [2.75, 3.05) is 11.9 Å². The van der Waals surface area contributed by atoms with Crippen LogP contribution < -0.4 is 10.1 Å². The molecule has 0 saturated carbocycles. The minimum Gasteiger partial charge on any atom is -0.473 e. The Labute approximate surface area is 139 Å². The van der Waals surface area contributed by atoms with Gasteiger partial charge in [-0.3, -0.25) is 0 Å². The summed E-state index contributed by atoms with van der Waals surface area (Å²) in [6.07, 6.45) is -1.22. The smallest absolute Gasteiger partial charge is 0.432 e. The summed E-state index contributed by atoms with van der Waals surface area (Å²) in [4.78, 5) is 0. The van der Waals surface area contributed by atoms with E-state index in [2.05, 4.69) is 19.2 Å². The van der Waals surface area contributed by atoms with Crippen molar-refractivity contribution in [2.24, 2.45) is 5.92 Å². The molecule has 1 N–H and O–H groups in total. The van der Waals surface area contributed by atoms with Gasteiger partial charge in [0.2, 0.25) is 5.60 Å². The summed E-state index contributed by atoms with van der Waals surface area (Å²) in [6, 6.07) is 3.18. The molecule has 0 spiro atoms. The average molecular weight is 348 g/mol. The summed E-state index contributed by atoms with van der Waals surface area (Å²) >= 11 is 6.20. The van der Waals surface area contributed by atoms with Crippen LogP contribution >= 0.6 is 11.6 Å². The molecule has 0 radical (unpaired) electrons. The Morgan fingerprint density at radius 1 is 1.30 bits per heavy atom. The summed E-state index contributed by atoms with van der Waals surface area (Å²) in [6.45, 7) is 6.36. The average Bonchev–Trinajstić information content (AvgIpc) is 2.45. The molecular weight excluding hydrogens is 327 g/mol. The number of hydrogen-bond acceptors (Lipinski definition) is 2. The van der Waals surface area contributed by atoms with Crippen LogP contribution in [-0.2, 0) is 0 Å². The van der Waals surface area contributed by atoms with Gasteiger partial charge in [0.05, 0.1) is 10.7 Å². The molecule has 1 aliphatic rings. The Balaban J connectivity index is 2.28. The van der Waals surface area contributed by atoms with Gasteiger partial charge in [-0.2, -0.15) is 13.2 Å². The monoisotopic (exact) mass is 347 g/mol. The molecule has 128 valence electrons. The second-order valence-electron chi connectivity index (χ2n) is 6.16. The number of nitrogens with one attached hydrogen (secondary N) is 1. The molecule has 0 aromatic heterocycles. The quantitative estimate of drug-likeness (QED) is 0.714. The zero-order valence-corrected chi connectivity index (χ0v) is 14.2. The number of rotatable bonds is 5. The van der Waals surface area contributed by atoms with E-state index in [0.29, 0.717) is 28.7 Å². The maximum atomic E-state index is 13.3. The van der Waals surface area contributed by atoms with Gasteiger partial charge in [0.25, 0.3) is 0 Å². The summed E-state index contributed by atoms with van der Waals surface area (Å²) in [7, 11) is 0. The lowest BCUT2D eigenvalue weighted by molar-refractivity contribution is -0.230. The standard InChI is InChI=1S/C17H21ClF3NO/c1-4-16(17(19,20)21)7-5-12-9-13(18)14(10-15(12)23-16)22-8-6-11(2)3/h5,7,9-11,22H,4,6,8H2,1-3H3. The van der Waals surface area contributed by atoms with Crippen molar-refractivity contribution in [1.82, 2.24) is 0 Å². The maximum absolute atomic E-state index is 13.3. The predicted molar refractivity (Wildman–Crippen MR) is 88.1 cm³/mol. The fraction of sp³-hybridized carbons (Fsp3) is 0.529. The van der Waals surface area contributed by atoms with E-state index in [9.17, 15) is 13.2 Å². The predicted octanol–water partition coefficient (Wildman–Crippen LogP) is 5.91. The first-order valence-corrected chi connectivity index (χ1v) is 8.08. The van der Waals surface area contributed by atoms with Crippen LogP contribution in [0.3, 0.4) is 0 Å². The van der Waals surface area contributed by atoms with Crippen LogP contribution in [0.15, 0.2) is 18.2 Å². The van der Waals surface area contributed by atoms with Gasteiger partial charge in [0, 0.05) is 18.2 Å². The lowest BCUT2D eigenvalue weighted by atomic mass is 9.94. The van der Waals surface area contributed by atoms with Crippen molar-refractivity contribution < 1.29 is 17.9 Å². The molecule has 0 fully saturated rings. The van der Waals surface area contributed by atoms with Crippen LogP contribution in [0.1, 0.15) is 39.2 Å². The third-order valence-electron chi connectivity index (χ3n) is 3.97. The number of ether oxygens (including phenoxy) is 1. The highest BCUT2D eigenvalue weighted by Gasteiger charge is 2.55. The van der Waals surface area contributed by atoms with Gasteiger partial charge in [0.1, 0.15) is 5.75 Å². The fourth-order valence-corrected chi connectivity index (χ4v) is 2.65. The van der Waals surface area contributed by atoms with Crippen LogP contribution in [0.4, 0.5) is 18.9 Å². The van der Waals surface area contributed by atoms with Gasteiger partial charge >= 0.3 is 6.18 Å². The van der Waals surface area contributed by atoms with E-state index in [1.807, 2.05) is 0 Å². The van der Waals surface area contributed by atoms with Gasteiger partial charge in [-0.25, -0.2) is 0 Å². The molecule has 1 aliphatic heterocycles. The molecule has 1 aromatic rings. The molecule has 1 heterocycles. The number of halogens is 4. The van der Waals surface area contributed by atoms with Crippen LogP contribution in [0.25, 0.3) is 6.08 Å². The largest absolute Gasteiger partial charge is 0.473 e. The zero-order chi connectivity index (χ0) is 17.3. The first-order chi connectivity index (χ1) is 10.7. The minimum absolute atomic E-state index is 0.189. The van der Waals surface area contributed by atoms with Crippen LogP contribution in [0, 0.1) is 5.92 Å². The Morgan fingerprint density at radius 3 is 2.57 bits per heavy atom. The molecule has 6 heteroatoms. The molecule has 0 bridgehead atoms. The van der Waals surface area contributed by atoms with Crippen LogP contribution in [-0.4, -0.2) is 18.3 Å². The van der Waals surface area contributed by atoms with Crippen molar-refractivity contribution in [3.63, 3.8) is 0 Å². The lowest BCUT2D eigenvalue weighted by Gasteiger charge is -2.36. The molecule has 0 amide bonds. The normalized spacial score (nSPS) is 20.3. The highest BCUT2D eigenvalue weighted by atomic mass is 35.5. The Kier molecular flexibility index (Phi) is 5.19. The van der Waals surface area contributed by atoms with Gasteiger partial charge < -0.3 is 10.1 Å². The number of fused-ring (bicyclic) bond motifs is 1. The van der Waals surface area contributed by atoms with E-state index in [1.165, 1.54) is 13.0 Å². The minimum atomic E-state index is -4.47. The Morgan fingerprint density at radius 2 is 2.00 bits per heavy atom. The molecule has 0 aliphatic carbocycles.